The number of nitrogens with zero attached hydrogens (tertiary/aromatic N) is 1. The second-order valence-electron chi connectivity index (χ2n) is 5.52. The predicted octanol–water partition coefficient (Wildman–Crippen LogP) is 1.24. The normalized spacial score (nSPS) is 32.6. The predicted molar refractivity (Wildman–Crippen MR) is 60.6 cm³/mol. The molecule has 2 rings (SSSR count). The van der Waals surface area contributed by atoms with Gasteiger partial charge in [-0.2, -0.15) is 0 Å². The summed E-state index contributed by atoms with van der Waals surface area (Å²) in [6.45, 7) is 8.67. The second-order valence-corrected chi connectivity index (χ2v) is 5.52. The number of carbonyl (C=O) groups excluding carboxylic acids is 1. The molecule has 1 atom stereocenters. The van der Waals surface area contributed by atoms with Crippen LogP contribution in [0.15, 0.2) is 0 Å². The Bertz CT molecular complexity index is 252. The molecule has 2 heterocycles. The van der Waals surface area contributed by atoms with Crippen molar-refractivity contribution in [2.45, 2.75) is 33.1 Å². The highest BCUT2D eigenvalue weighted by Crippen LogP contribution is 2.36. The number of carbonyl (C=O) groups is 1. The average Bonchev–Trinajstić information content (AvgIpc) is 2.47. The Labute approximate surface area is 92.2 Å². The first-order chi connectivity index (χ1) is 7.12. The number of hydrogen-bond donors (Lipinski definition) is 1. The van der Waals surface area contributed by atoms with Gasteiger partial charge in [0.1, 0.15) is 0 Å². The molecule has 0 aromatic heterocycles. The van der Waals surface area contributed by atoms with Crippen LogP contribution in [-0.2, 0) is 4.79 Å². The Hall–Kier alpha value is -0.570. The van der Waals surface area contributed by atoms with E-state index in [1.807, 2.05) is 0 Å². The largest absolute Gasteiger partial charge is 0.356 e. The van der Waals surface area contributed by atoms with Gasteiger partial charge < -0.3 is 10.2 Å². The van der Waals surface area contributed by atoms with Gasteiger partial charge in [0, 0.05) is 19.6 Å². The second kappa shape index (κ2) is 4.12. The van der Waals surface area contributed by atoms with E-state index >= 15 is 0 Å². The van der Waals surface area contributed by atoms with Crippen LogP contribution in [0, 0.1) is 11.3 Å². The zero-order chi connectivity index (χ0) is 10.9. The summed E-state index contributed by atoms with van der Waals surface area (Å²) in [5, 5.41) is 2.99. The van der Waals surface area contributed by atoms with E-state index in [1.165, 1.54) is 13.0 Å². The Morgan fingerprint density at radius 3 is 2.87 bits per heavy atom. The topological polar surface area (TPSA) is 32.3 Å². The maximum atomic E-state index is 11.8. The van der Waals surface area contributed by atoms with Crippen LogP contribution < -0.4 is 5.32 Å². The lowest BCUT2D eigenvalue weighted by molar-refractivity contribution is -0.130. The van der Waals surface area contributed by atoms with Crippen molar-refractivity contribution >= 4 is 5.91 Å². The number of likely N-dealkylation sites (tertiary alicyclic amines) is 1. The van der Waals surface area contributed by atoms with Crippen molar-refractivity contribution in [2.75, 3.05) is 26.2 Å². The minimum Gasteiger partial charge on any atom is -0.356 e. The highest BCUT2D eigenvalue weighted by atomic mass is 16.2. The lowest BCUT2D eigenvalue weighted by Gasteiger charge is -2.39. The van der Waals surface area contributed by atoms with Gasteiger partial charge in [-0.05, 0) is 31.7 Å². The van der Waals surface area contributed by atoms with Gasteiger partial charge in [0.15, 0.2) is 0 Å². The molecule has 0 aliphatic carbocycles. The summed E-state index contributed by atoms with van der Waals surface area (Å²) in [6, 6.07) is 0. The average molecular weight is 210 g/mol. The molecule has 2 fully saturated rings. The van der Waals surface area contributed by atoms with E-state index in [-0.39, 0.29) is 5.41 Å². The maximum absolute atomic E-state index is 11.8. The SMILES string of the molecule is CC(C)CN1CCC[C@@]2(CCNC2=O)C1. The number of hydrogen-bond acceptors (Lipinski definition) is 2. The lowest BCUT2D eigenvalue weighted by atomic mass is 9.78. The molecule has 0 unspecified atom stereocenters. The molecule has 0 saturated carbocycles. The summed E-state index contributed by atoms with van der Waals surface area (Å²) in [5.41, 5.74) is -0.0346. The third-order valence-electron chi connectivity index (χ3n) is 3.65. The fourth-order valence-electron chi connectivity index (χ4n) is 3.01. The van der Waals surface area contributed by atoms with Gasteiger partial charge in [0.25, 0.3) is 0 Å². The fourth-order valence-corrected chi connectivity index (χ4v) is 3.01. The summed E-state index contributed by atoms with van der Waals surface area (Å²) in [5.74, 6) is 1.00. The molecule has 0 radical (unpaired) electrons. The first-order valence-electron chi connectivity index (χ1n) is 6.13. The highest BCUT2D eigenvalue weighted by Gasteiger charge is 2.44. The first-order valence-corrected chi connectivity index (χ1v) is 6.13. The minimum atomic E-state index is -0.0346. The van der Waals surface area contributed by atoms with Crippen molar-refractivity contribution in [3.63, 3.8) is 0 Å². The van der Waals surface area contributed by atoms with E-state index in [0.717, 1.165) is 32.5 Å². The molecular formula is C12H22N2O. The van der Waals surface area contributed by atoms with Crippen LogP contribution in [0.3, 0.4) is 0 Å². The summed E-state index contributed by atoms with van der Waals surface area (Å²) in [4.78, 5) is 14.3. The molecule has 86 valence electrons. The molecule has 1 N–H and O–H groups in total. The Morgan fingerprint density at radius 2 is 2.27 bits per heavy atom. The standard InChI is InChI=1S/C12H22N2O/c1-10(2)8-14-7-3-4-12(9-14)5-6-13-11(12)15/h10H,3-9H2,1-2H3,(H,13,15)/t12-/m1/s1. The van der Waals surface area contributed by atoms with Crippen molar-refractivity contribution < 1.29 is 4.79 Å². The third kappa shape index (κ3) is 2.17. The Kier molecular flexibility index (Phi) is 3.01. The van der Waals surface area contributed by atoms with Gasteiger partial charge >= 0.3 is 0 Å². The summed E-state index contributed by atoms with van der Waals surface area (Å²) in [7, 11) is 0. The van der Waals surface area contributed by atoms with Gasteiger partial charge in [-0.15, -0.1) is 0 Å². The Morgan fingerprint density at radius 1 is 1.47 bits per heavy atom. The van der Waals surface area contributed by atoms with E-state index < -0.39 is 0 Å². The van der Waals surface area contributed by atoms with Gasteiger partial charge in [-0.3, -0.25) is 4.79 Å². The molecule has 1 spiro atoms. The number of rotatable bonds is 2. The quantitative estimate of drug-likeness (QED) is 0.744. The highest BCUT2D eigenvalue weighted by molar-refractivity contribution is 5.85. The van der Waals surface area contributed by atoms with Crippen molar-refractivity contribution in [3.8, 4) is 0 Å². The molecule has 2 saturated heterocycles. The van der Waals surface area contributed by atoms with Crippen LogP contribution in [0.5, 0.6) is 0 Å². The monoisotopic (exact) mass is 210 g/mol. The van der Waals surface area contributed by atoms with E-state index in [1.54, 1.807) is 0 Å². The fraction of sp³-hybridized carbons (Fsp3) is 0.917. The zero-order valence-corrected chi connectivity index (χ0v) is 9.88. The third-order valence-corrected chi connectivity index (χ3v) is 3.65. The molecule has 2 aliphatic heterocycles. The first kappa shape index (κ1) is 10.9. The van der Waals surface area contributed by atoms with Crippen molar-refractivity contribution in [1.29, 1.82) is 0 Å². The maximum Gasteiger partial charge on any atom is 0.227 e. The van der Waals surface area contributed by atoms with Gasteiger partial charge in [0.05, 0.1) is 5.41 Å². The molecule has 3 heteroatoms. The number of piperidine rings is 1. The Balaban J connectivity index is 2.00. The van der Waals surface area contributed by atoms with Crippen LogP contribution in [0.2, 0.25) is 0 Å². The minimum absolute atomic E-state index is 0.0346. The van der Waals surface area contributed by atoms with Crippen molar-refractivity contribution in [2.24, 2.45) is 11.3 Å². The summed E-state index contributed by atoms with van der Waals surface area (Å²) < 4.78 is 0. The van der Waals surface area contributed by atoms with Crippen LogP contribution >= 0.6 is 0 Å². The number of amides is 1. The van der Waals surface area contributed by atoms with E-state index in [9.17, 15) is 4.79 Å². The molecular weight excluding hydrogens is 188 g/mol. The lowest BCUT2D eigenvalue weighted by Crippen LogP contribution is -2.48. The molecule has 0 bridgehead atoms. The molecule has 0 aromatic rings. The van der Waals surface area contributed by atoms with E-state index in [4.69, 9.17) is 0 Å². The molecule has 2 aliphatic rings. The molecule has 3 nitrogen and oxygen atoms in total. The van der Waals surface area contributed by atoms with Crippen molar-refractivity contribution in [3.05, 3.63) is 0 Å². The van der Waals surface area contributed by atoms with Crippen LogP contribution in [0.25, 0.3) is 0 Å². The van der Waals surface area contributed by atoms with E-state index in [0.29, 0.717) is 11.8 Å². The zero-order valence-electron chi connectivity index (χ0n) is 9.88. The molecule has 15 heavy (non-hydrogen) atoms. The van der Waals surface area contributed by atoms with Gasteiger partial charge in [0.2, 0.25) is 5.91 Å². The van der Waals surface area contributed by atoms with Crippen LogP contribution in [-0.4, -0.2) is 37.0 Å². The smallest absolute Gasteiger partial charge is 0.227 e. The molecule has 1 amide bonds. The van der Waals surface area contributed by atoms with Crippen LogP contribution in [0.4, 0.5) is 0 Å². The summed E-state index contributed by atoms with van der Waals surface area (Å²) in [6.07, 6.45) is 3.31. The van der Waals surface area contributed by atoms with Crippen LogP contribution in [0.1, 0.15) is 33.1 Å². The van der Waals surface area contributed by atoms with E-state index in [2.05, 4.69) is 24.1 Å². The summed E-state index contributed by atoms with van der Waals surface area (Å²) >= 11 is 0. The molecule has 0 aromatic carbocycles. The van der Waals surface area contributed by atoms with Gasteiger partial charge in [-0.1, -0.05) is 13.8 Å². The number of nitrogens with one attached hydrogen (secondary N) is 1. The van der Waals surface area contributed by atoms with Gasteiger partial charge in [-0.25, -0.2) is 0 Å². The van der Waals surface area contributed by atoms with Crippen molar-refractivity contribution in [1.82, 2.24) is 10.2 Å².